The SMILES string of the molecule is CCCCCCC#C/C(=C\C(C)(C)O)C(F)(F)F. The molecule has 0 saturated heterocycles. The summed E-state index contributed by atoms with van der Waals surface area (Å²) in [6.45, 7) is 4.66. The molecule has 0 heterocycles. The normalized spacial score (nSPS) is 13.2. The molecule has 0 radical (unpaired) electrons. The third-order valence-electron chi connectivity index (χ3n) is 2.18. The van der Waals surface area contributed by atoms with Crippen molar-refractivity contribution < 1.29 is 18.3 Å². The second kappa shape index (κ2) is 7.48. The molecule has 0 amide bonds. The smallest absolute Gasteiger partial charge is 0.386 e. The predicted molar refractivity (Wildman–Crippen MR) is 67.0 cm³/mol. The zero-order chi connectivity index (χ0) is 14.2. The van der Waals surface area contributed by atoms with Crippen LogP contribution in [-0.4, -0.2) is 16.9 Å². The second-order valence-corrected chi connectivity index (χ2v) is 4.82. The number of hydrogen-bond acceptors (Lipinski definition) is 1. The molecule has 0 aliphatic heterocycles. The van der Waals surface area contributed by atoms with Crippen LogP contribution >= 0.6 is 0 Å². The Morgan fingerprint density at radius 3 is 2.22 bits per heavy atom. The monoisotopic (exact) mass is 262 g/mol. The summed E-state index contributed by atoms with van der Waals surface area (Å²) in [5.41, 5.74) is -2.48. The molecule has 0 rings (SSSR count). The summed E-state index contributed by atoms with van der Waals surface area (Å²) in [6.07, 6.45) is 0.672. The highest BCUT2D eigenvalue weighted by Crippen LogP contribution is 2.27. The first-order chi connectivity index (χ1) is 8.17. The average molecular weight is 262 g/mol. The Labute approximate surface area is 107 Å². The van der Waals surface area contributed by atoms with E-state index in [9.17, 15) is 18.3 Å². The number of alkyl halides is 3. The van der Waals surface area contributed by atoms with Crippen molar-refractivity contribution in [2.75, 3.05) is 0 Å². The summed E-state index contributed by atoms with van der Waals surface area (Å²) in [4.78, 5) is 0. The van der Waals surface area contributed by atoms with Crippen molar-refractivity contribution in [1.29, 1.82) is 0 Å². The van der Waals surface area contributed by atoms with Crippen LogP contribution in [0, 0.1) is 11.8 Å². The Hall–Kier alpha value is -0.950. The number of halogens is 3. The van der Waals surface area contributed by atoms with Crippen LogP contribution in [-0.2, 0) is 0 Å². The van der Waals surface area contributed by atoms with Gasteiger partial charge in [0.05, 0.1) is 5.60 Å². The Morgan fingerprint density at radius 2 is 1.78 bits per heavy atom. The molecule has 0 aliphatic carbocycles. The molecule has 0 aliphatic rings. The number of hydrogen-bond donors (Lipinski definition) is 1. The van der Waals surface area contributed by atoms with Gasteiger partial charge in [0.2, 0.25) is 0 Å². The maximum Gasteiger partial charge on any atom is 0.423 e. The van der Waals surface area contributed by atoms with Crippen LogP contribution in [0.1, 0.15) is 52.9 Å². The summed E-state index contributed by atoms with van der Waals surface area (Å²) in [5.74, 6) is 4.64. The largest absolute Gasteiger partial charge is 0.423 e. The summed E-state index contributed by atoms with van der Waals surface area (Å²) in [7, 11) is 0. The molecule has 4 heteroatoms. The fourth-order valence-corrected chi connectivity index (χ4v) is 1.34. The fourth-order valence-electron chi connectivity index (χ4n) is 1.34. The molecular formula is C14H21F3O. The minimum Gasteiger partial charge on any atom is -0.386 e. The molecule has 1 N–H and O–H groups in total. The van der Waals surface area contributed by atoms with Gasteiger partial charge in [-0.1, -0.05) is 38.0 Å². The van der Waals surface area contributed by atoms with Crippen molar-refractivity contribution in [2.24, 2.45) is 0 Å². The molecular weight excluding hydrogens is 241 g/mol. The van der Waals surface area contributed by atoms with E-state index in [2.05, 4.69) is 18.8 Å². The number of rotatable bonds is 5. The van der Waals surface area contributed by atoms with Crippen molar-refractivity contribution in [2.45, 2.75) is 64.7 Å². The van der Waals surface area contributed by atoms with E-state index >= 15 is 0 Å². The Morgan fingerprint density at radius 1 is 1.17 bits per heavy atom. The molecule has 0 unspecified atom stereocenters. The van der Waals surface area contributed by atoms with Gasteiger partial charge in [-0.2, -0.15) is 13.2 Å². The van der Waals surface area contributed by atoms with Gasteiger partial charge in [0, 0.05) is 6.42 Å². The van der Waals surface area contributed by atoms with E-state index in [-0.39, 0.29) is 0 Å². The highest BCUT2D eigenvalue weighted by molar-refractivity contribution is 5.34. The first-order valence-corrected chi connectivity index (χ1v) is 6.18. The topological polar surface area (TPSA) is 20.2 Å². The van der Waals surface area contributed by atoms with Gasteiger partial charge in [0.1, 0.15) is 5.57 Å². The molecule has 0 fully saturated rings. The predicted octanol–water partition coefficient (Wildman–Crippen LogP) is 4.22. The van der Waals surface area contributed by atoms with Crippen molar-refractivity contribution in [1.82, 2.24) is 0 Å². The van der Waals surface area contributed by atoms with Crippen molar-refractivity contribution in [3.63, 3.8) is 0 Å². The van der Waals surface area contributed by atoms with E-state index in [1.165, 1.54) is 13.8 Å². The first kappa shape index (κ1) is 17.1. The molecule has 0 saturated carbocycles. The summed E-state index contributed by atoms with van der Waals surface area (Å²) in [6, 6.07) is 0. The lowest BCUT2D eigenvalue weighted by Crippen LogP contribution is -2.20. The molecule has 0 spiro atoms. The minimum absolute atomic E-state index is 0.458. The van der Waals surface area contributed by atoms with E-state index in [0.29, 0.717) is 6.42 Å². The van der Waals surface area contributed by atoms with Crippen molar-refractivity contribution >= 4 is 0 Å². The Bertz CT molecular complexity index is 324. The van der Waals surface area contributed by atoms with Crippen LogP contribution < -0.4 is 0 Å². The van der Waals surface area contributed by atoms with Crippen molar-refractivity contribution in [3.8, 4) is 11.8 Å². The lowest BCUT2D eigenvalue weighted by molar-refractivity contribution is -0.0886. The number of unbranched alkanes of at least 4 members (excludes halogenated alkanes) is 4. The fraction of sp³-hybridized carbons (Fsp3) is 0.714. The lowest BCUT2D eigenvalue weighted by Gasteiger charge is -2.14. The van der Waals surface area contributed by atoms with E-state index in [1.54, 1.807) is 0 Å². The summed E-state index contributed by atoms with van der Waals surface area (Å²) >= 11 is 0. The van der Waals surface area contributed by atoms with Crippen LogP contribution in [0.25, 0.3) is 0 Å². The van der Waals surface area contributed by atoms with Gasteiger partial charge in [-0.05, 0) is 26.3 Å². The van der Waals surface area contributed by atoms with Crippen LogP contribution in [0.2, 0.25) is 0 Å². The molecule has 0 bridgehead atoms. The zero-order valence-corrected chi connectivity index (χ0v) is 11.2. The van der Waals surface area contributed by atoms with Gasteiger partial charge in [-0.25, -0.2) is 0 Å². The Balaban J connectivity index is 4.55. The van der Waals surface area contributed by atoms with E-state index < -0.39 is 17.4 Å². The molecule has 0 atom stereocenters. The third-order valence-corrected chi connectivity index (χ3v) is 2.18. The van der Waals surface area contributed by atoms with Gasteiger partial charge in [-0.3, -0.25) is 0 Å². The zero-order valence-electron chi connectivity index (χ0n) is 11.2. The van der Waals surface area contributed by atoms with Crippen LogP contribution in [0.4, 0.5) is 13.2 Å². The van der Waals surface area contributed by atoms with Crippen molar-refractivity contribution in [3.05, 3.63) is 11.6 Å². The lowest BCUT2D eigenvalue weighted by atomic mass is 10.0. The maximum atomic E-state index is 12.6. The quantitative estimate of drug-likeness (QED) is 0.581. The molecule has 0 aromatic rings. The van der Waals surface area contributed by atoms with Crippen LogP contribution in [0.3, 0.4) is 0 Å². The third kappa shape index (κ3) is 9.12. The van der Waals surface area contributed by atoms with Gasteiger partial charge in [-0.15, -0.1) is 0 Å². The van der Waals surface area contributed by atoms with Crippen LogP contribution in [0.5, 0.6) is 0 Å². The average Bonchev–Trinajstić information content (AvgIpc) is 2.18. The van der Waals surface area contributed by atoms with Crippen LogP contribution in [0.15, 0.2) is 11.6 Å². The Kier molecular flexibility index (Phi) is 7.08. The number of aliphatic hydroxyl groups is 1. The van der Waals surface area contributed by atoms with Gasteiger partial charge in [0.25, 0.3) is 0 Å². The summed E-state index contributed by atoms with van der Waals surface area (Å²) < 4.78 is 37.8. The van der Waals surface area contributed by atoms with Gasteiger partial charge in [0.15, 0.2) is 0 Å². The van der Waals surface area contributed by atoms with E-state index in [1.807, 2.05) is 0 Å². The van der Waals surface area contributed by atoms with E-state index in [4.69, 9.17) is 0 Å². The first-order valence-electron chi connectivity index (χ1n) is 6.18. The van der Waals surface area contributed by atoms with E-state index in [0.717, 1.165) is 31.8 Å². The molecule has 1 nitrogen and oxygen atoms in total. The maximum absolute atomic E-state index is 12.6. The highest BCUT2D eigenvalue weighted by atomic mass is 19.4. The highest BCUT2D eigenvalue weighted by Gasteiger charge is 2.34. The van der Waals surface area contributed by atoms with Gasteiger partial charge < -0.3 is 5.11 Å². The summed E-state index contributed by atoms with van der Waals surface area (Å²) in [5, 5.41) is 9.38. The molecule has 0 aromatic heterocycles. The molecule has 18 heavy (non-hydrogen) atoms. The molecule has 0 aromatic carbocycles. The van der Waals surface area contributed by atoms with Gasteiger partial charge >= 0.3 is 6.18 Å². The standard InChI is InChI=1S/C14H21F3O/c1-4-5-6-7-8-9-10-12(14(15,16)17)11-13(2,3)18/h11,18H,4-8H2,1-3H3/b12-11+. The molecule has 104 valence electrons. The minimum atomic E-state index is -4.50. The second-order valence-electron chi connectivity index (χ2n) is 4.82. The number of allylic oxidation sites excluding steroid dienone is 1.